The van der Waals surface area contributed by atoms with Gasteiger partial charge in [-0.2, -0.15) is 0 Å². The number of rotatable bonds is 11. The van der Waals surface area contributed by atoms with Crippen LogP contribution < -0.4 is 0 Å². The Morgan fingerprint density at radius 3 is 2.68 bits per heavy atom. The van der Waals surface area contributed by atoms with Gasteiger partial charge >= 0.3 is 5.97 Å². The van der Waals surface area contributed by atoms with Gasteiger partial charge < -0.3 is 4.74 Å². The first kappa shape index (κ1) is 19.1. The Labute approximate surface area is 148 Å². The van der Waals surface area contributed by atoms with Gasteiger partial charge in [0.15, 0.2) is 0 Å². The van der Waals surface area contributed by atoms with Gasteiger partial charge in [-0.1, -0.05) is 43.7 Å². The van der Waals surface area contributed by atoms with Crippen molar-refractivity contribution in [2.24, 2.45) is 0 Å². The van der Waals surface area contributed by atoms with Crippen molar-refractivity contribution in [3.05, 3.63) is 35.9 Å². The van der Waals surface area contributed by atoms with E-state index in [4.69, 9.17) is 9.57 Å². The molecule has 0 radical (unpaired) electrons. The van der Waals surface area contributed by atoms with E-state index in [2.05, 4.69) is 0 Å². The zero-order chi connectivity index (χ0) is 18.1. The largest absolute Gasteiger partial charge is 0.465 e. The highest BCUT2D eigenvalue weighted by atomic mass is 16.7. The van der Waals surface area contributed by atoms with Gasteiger partial charge in [0, 0.05) is 6.42 Å². The summed E-state index contributed by atoms with van der Waals surface area (Å²) in [6, 6.07) is 9.48. The zero-order valence-corrected chi connectivity index (χ0v) is 14.6. The van der Waals surface area contributed by atoms with Crippen molar-refractivity contribution < 1.29 is 24.0 Å². The molecule has 1 aliphatic heterocycles. The van der Waals surface area contributed by atoms with E-state index in [1.807, 2.05) is 37.3 Å². The Balaban J connectivity index is 1.66. The Morgan fingerprint density at radius 1 is 1.24 bits per heavy atom. The summed E-state index contributed by atoms with van der Waals surface area (Å²) in [5, 5.41) is 1.35. The number of hydrogen-bond acceptors (Lipinski definition) is 5. The first-order valence-electron chi connectivity index (χ1n) is 8.76. The van der Waals surface area contributed by atoms with Crippen LogP contribution >= 0.6 is 0 Å². The third kappa shape index (κ3) is 6.31. The molecule has 136 valence electrons. The number of hydroxylamine groups is 2. The van der Waals surface area contributed by atoms with E-state index >= 15 is 0 Å². The van der Waals surface area contributed by atoms with Crippen LogP contribution in [0.2, 0.25) is 0 Å². The molecule has 1 saturated heterocycles. The zero-order valence-electron chi connectivity index (χ0n) is 14.6. The van der Waals surface area contributed by atoms with Crippen LogP contribution in [-0.4, -0.2) is 35.4 Å². The molecular formula is C19H25NO5. The fraction of sp³-hybridized carbons (Fsp3) is 0.526. The third-order valence-electron chi connectivity index (χ3n) is 4.06. The number of hydrogen-bond donors (Lipinski definition) is 0. The van der Waals surface area contributed by atoms with E-state index in [1.54, 1.807) is 0 Å². The van der Waals surface area contributed by atoms with Crippen LogP contribution in [0.3, 0.4) is 0 Å². The predicted molar refractivity (Wildman–Crippen MR) is 91.2 cm³/mol. The maximum absolute atomic E-state index is 11.9. The van der Waals surface area contributed by atoms with Gasteiger partial charge in [0.1, 0.15) is 18.8 Å². The lowest BCUT2D eigenvalue weighted by atomic mass is 9.98. The molecule has 1 aromatic rings. The van der Waals surface area contributed by atoms with Crippen LogP contribution in [0, 0.1) is 0 Å². The molecule has 0 bridgehead atoms. The van der Waals surface area contributed by atoms with Gasteiger partial charge in [-0.25, -0.2) is 5.06 Å². The first-order chi connectivity index (χ1) is 12.1. The highest BCUT2D eigenvalue weighted by Crippen LogP contribution is 2.25. The summed E-state index contributed by atoms with van der Waals surface area (Å²) in [5.74, 6) is -0.712. The standard InChI is InChI=1S/C19H25NO5/c1-2-3-11-24-19(23)13-17(21)10-9-16-12-18(22)20(16)25-14-15-7-5-4-6-8-15/h4-8,16H,2-3,9-14H2,1H3. The average molecular weight is 347 g/mol. The Hall–Kier alpha value is -2.21. The first-order valence-corrected chi connectivity index (χ1v) is 8.76. The van der Waals surface area contributed by atoms with Crippen molar-refractivity contribution in [3.8, 4) is 0 Å². The molecule has 1 aliphatic rings. The topological polar surface area (TPSA) is 72.9 Å². The molecule has 0 aromatic heterocycles. The number of nitrogens with zero attached hydrogens (tertiary/aromatic N) is 1. The monoisotopic (exact) mass is 347 g/mol. The lowest BCUT2D eigenvalue weighted by molar-refractivity contribution is -0.234. The SMILES string of the molecule is CCCCOC(=O)CC(=O)CCC1CC(=O)N1OCc1ccccc1. The second-order valence-corrected chi connectivity index (χ2v) is 6.16. The van der Waals surface area contributed by atoms with Crippen molar-refractivity contribution in [1.29, 1.82) is 0 Å². The van der Waals surface area contributed by atoms with E-state index in [1.165, 1.54) is 5.06 Å². The van der Waals surface area contributed by atoms with Crippen molar-refractivity contribution in [1.82, 2.24) is 5.06 Å². The molecule has 1 amide bonds. The molecule has 0 N–H and O–H groups in total. The summed E-state index contributed by atoms with van der Waals surface area (Å²) in [4.78, 5) is 40.6. The Morgan fingerprint density at radius 2 is 2.00 bits per heavy atom. The number of unbranched alkanes of at least 4 members (excludes halogenated alkanes) is 1. The van der Waals surface area contributed by atoms with Crippen LogP contribution in [0.4, 0.5) is 0 Å². The number of benzene rings is 1. The van der Waals surface area contributed by atoms with E-state index in [0.29, 0.717) is 26.1 Å². The maximum Gasteiger partial charge on any atom is 0.313 e. The summed E-state index contributed by atoms with van der Waals surface area (Å²) in [7, 11) is 0. The molecular weight excluding hydrogens is 322 g/mol. The van der Waals surface area contributed by atoms with Crippen molar-refractivity contribution >= 4 is 17.7 Å². The normalized spacial score (nSPS) is 16.4. The third-order valence-corrected chi connectivity index (χ3v) is 4.06. The molecule has 25 heavy (non-hydrogen) atoms. The molecule has 2 rings (SSSR count). The van der Waals surface area contributed by atoms with Crippen molar-refractivity contribution in [2.45, 2.75) is 58.1 Å². The average Bonchev–Trinajstić information content (AvgIpc) is 2.59. The number of ether oxygens (including phenoxy) is 1. The number of β-lactam (4-membered cyclic amide) rings is 1. The minimum Gasteiger partial charge on any atom is -0.465 e. The van der Waals surface area contributed by atoms with Crippen molar-refractivity contribution in [3.63, 3.8) is 0 Å². The quantitative estimate of drug-likeness (QED) is 0.266. The van der Waals surface area contributed by atoms with E-state index in [9.17, 15) is 14.4 Å². The molecule has 1 fully saturated rings. The van der Waals surface area contributed by atoms with E-state index in [0.717, 1.165) is 18.4 Å². The van der Waals surface area contributed by atoms with Crippen molar-refractivity contribution in [2.75, 3.05) is 6.61 Å². The molecule has 0 spiro atoms. The van der Waals surface area contributed by atoms with Gasteiger partial charge in [0.2, 0.25) is 5.91 Å². The lowest BCUT2D eigenvalue weighted by Crippen LogP contribution is -2.52. The van der Waals surface area contributed by atoms with Gasteiger partial charge in [-0.3, -0.25) is 19.2 Å². The van der Waals surface area contributed by atoms with Crippen LogP contribution in [0.5, 0.6) is 0 Å². The number of Topliss-reactive ketones (excluding diaryl/α,β-unsaturated/α-hetero) is 1. The summed E-state index contributed by atoms with van der Waals surface area (Å²) >= 11 is 0. The van der Waals surface area contributed by atoms with Crippen LogP contribution in [0.25, 0.3) is 0 Å². The number of esters is 1. The number of carbonyl (C=O) groups excluding carboxylic acids is 3. The number of carbonyl (C=O) groups is 3. The summed E-state index contributed by atoms with van der Waals surface area (Å²) in [6.07, 6.45) is 2.67. The fourth-order valence-electron chi connectivity index (χ4n) is 2.54. The Bertz CT molecular complexity index is 587. The minimum atomic E-state index is -0.472. The summed E-state index contributed by atoms with van der Waals surface area (Å²) in [5.41, 5.74) is 0.979. The van der Waals surface area contributed by atoms with Crippen LogP contribution in [0.15, 0.2) is 30.3 Å². The summed E-state index contributed by atoms with van der Waals surface area (Å²) < 4.78 is 4.98. The lowest BCUT2D eigenvalue weighted by Gasteiger charge is -2.38. The highest BCUT2D eigenvalue weighted by Gasteiger charge is 2.37. The van der Waals surface area contributed by atoms with Gasteiger partial charge in [0.25, 0.3) is 0 Å². The minimum absolute atomic E-state index is 0.0765. The molecule has 0 aliphatic carbocycles. The second-order valence-electron chi connectivity index (χ2n) is 6.16. The molecule has 1 atom stereocenters. The van der Waals surface area contributed by atoms with Gasteiger partial charge in [-0.15, -0.1) is 0 Å². The summed E-state index contributed by atoms with van der Waals surface area (Å²) in [6.45, 7) is 2.69. The van der Waals surface area contributed by atoms with E-state index in [-0.39, 0.29) is 30.6 Å². The number of ketones is 1. The fourth-order valence-corrected chi connectivity index (χ4v) is 2.54. The molecule has 0 saturated carbocycles. The van der Waals surface area contributed by atoms with Gasteiger partial charge in [0.05, 0.1) is 19.1 Å². The molecule has 6 heteroatoms. The Kier molecular flexibility index (Phi) is 7.60. The predicted octanol–water partition coefficient (Wildman–Crippen LogP) is 2.80. The van der Waals surface area contributed by atoms with E-state index < -0.39 is 5.97 Å². The second kappa shape index (κ2) is 9.93. The van der Waals surface area contributed by atoms with Crippen LogP contribution in [0.1, 0.15) is 51.0 Å². The molecule has 1 unspecified atom stereocenters. The number of amides is 1. The highest BCUT2D eigenvalue weighted by molar-refractivity contribution is 5.95. The molecule has 6 nitrogen and oxygen atoms in total. The molecule has 1 aromatic carbocycles. The smallest absolute Gasteiger partial charge is 0.313 e. The van der Waals surface area contributed by atoms with Crippen LogP contribution in [-0.2, 0) is 30.6 Å². The molecule has 1 heterocycles. The van der Waals surface area contributed by atoms with Gasteiger partial charge in [-0.05, 0) is 18.4 Å². The maximum atomic E-state index is 11.9.